The van der Waals surface area contributed by atoms with E-state index in [1.807, 2.05) is 0 Å². The molecule has 0 aliphatic carbocycles. The second kappa shape index (κ2) is 17.2. The molecule has 2 N–H and O–H groups in total. The number of ether oxygens (including phenoxy) is 1. The van der Waals surface area contributed by atoms with Crippen molar-refractivity contribution in [2.24, 2.45) is 0 Å². The van der Waals surface area contributed by atoms with Crippen molar-refractivity contribution >= 4 is 38.3 Å². The predicted octanol–water partition coefficient (Wildman–Crippen LogP) is 3.79. The van der Waals surface area contributed by atoms with Crippen molar-refractivity contribution in [3.05, 3.63) is 0 Å². The van der Waals surface area contributed by atoms with E-state index in [9.17, 15) is 0 Å². The topological polar surface area (TPSA) is 83.8 Å². The predicted molar refractivity (Wildman–Crippen MR) is 87.2 cm³/mol. The summed E-state index contributed by atoms with van der Waals surface area (Å²) in [4.78, 5) is 0. The molecule has 0 heterocycles. The average molecular weight is 334 g/mol. The normalized spacial score (nSPS) is 12.7. The van der Waals surface area contributed by atoms with Crippen LogP contribution in [-0.2, 0) is 15.1 Å². The van der Waals surface area contributed by atoms with Crippen molar-refractivity contribution in [1.29, 1.82) is 0 Å². The molecule has 0 saturated heterocycles. The van der Waals surface area contributed by atoms with Gasteiger partial charge in [0, 0.05) is 0 Å². The maximum absolute atomic E-state index is 8.74. The van der Waals surface area contributed by atoms with Gasteiger partial charge in [0.15, 0.2) is 0 Å². The zero-order valence-corrected chi connectivity index (χ0v) is 16.7. The van der Waals surface area contributed by atoms with Gasteiger partial charge in [0.1, 0.15) is 0 Å². The number of rotatable bonds is 12. The molecule has 124 valence electrons. The van der Waals surface area contributed by atoms with Crippen molar-refractivity contribution in [1.82, 2.24) is 0 Å². The number of hydrogen-bond donors (Lipinski definition) is 2. The van der Waals surface area contributed by atoms with Crippen molar-refractivity contribution in [3.63, 3.8) is 0 Å². The summed E-state index contributed by atoms with van der Waals surface area (Å²) in [5.74, 6) is 0. The fraction of sp³-hybridized carbons (Fsp3) is 1.00. The molecule has 0 aromatic carbocycles. The Kier molecular flexibility index (Phi) is 19.7. The summed E-state index contributed by atoms with van der Waals surface area (Å²) < 4.78 is 37.8. The van der Waals surface area contributed by atoms with Crippen LogP contribution >= 0.6 is 0 Å². The first-order valence-electron chi connectivity index (χ1n) is 8.12. The Bertz CT molecular complexity index is 288. The van der Waals surface area contributed by atoms with Crippen molar-refractivity contribution < 1.29 is 22.3 Å². The fourth-order valence-electron chi connectivity index (χ4n) is 2.11. The minimum absolute atomic E-state index is 0.606. The zero-order valence-electron chi connectivity index (χ0n) is 13.9. The molecule has 5 nitrogen and oxygen atoms in total. The van der Waals surface area contributed by atoms with Crippen LogP contribution in [-0.4, -0.2) is 55.4 Å². The largest absolute Gasteiger partial charge is 0.394 e. The minimum atomic E-state index is -4.67. The maximum atomic E-state index is 8.74. The minimum Gasteiger partial charge on any atom is -0.264 e. The molecule has 0 aliphatic rings. The van der Waals surface area contributed by atoms with Crippen LogP contribution in [0.25, 0.3) is 0 Å². The second-order valence-corrected chi connectivity index (χ2v) is 7.51. The van der Waals surface area contributed by atoms with Crippen LogP contribution in [0.3, 0.4) is 0 Å². The van der Waals surface area contributed by atoms with E-state index in [-0.39, 0.29) is 0 Å². The average Bonchev–Trinajstić information content (AvgIpc) is 2.35. The van der Waals surface area contributed by atoms with Gasteiger partial charge in [-0.15, -0.1) is 0 Å². The van der Waals surface area contributed by atoms with E-state index in [0.717, 1.165) is 6.61 Å². The Balaban J connectivity index is 0. The van der Waals surface area contributed by atoms with Gasteiger partial charge in [-0.05, 0) is 0 Å². The first kappa shape index (κ1) is 24.1. The van der Waals surface area contributed by atoms with Gasteiger partial charge in [-0.3, -0.25) is 9.11 Å². The Morgan fingerprint density at radius 2 is 1.29 bits per heavy atom. The Morgan fingerprint density at radius 3 is 1.67 bits per heavy atom. The first-order valence-corrected chi connectivity index (χ1v) is 10.7. The standard InChI is InChI=1S/C14H29O.Na.H2O4S/c1-3-5-6-7-8-9-10-11-12-13-14-15-4-2;;1-5(2,3)4/h14H,3-13H2,1-2H3;;(H2,1,2,3,4). The molecular weight excluding hydrogens is 303 g/mol. The summed E-state index contributed by atoms with van der Waals surface area (Å²) in [6, 6.07) is 0. The molecule has 0 spiro atoms. The van der Waals surface area contributed by atoms with Crippen LogP contribution < -0.4 is 0 Å². The second-order valence-electron chi connectivity index (χ2n) is 5.33. The Morgan fingerprint density at radius 1 is 0.905 bits per heavy atom. The van der Waals surface area contributed by atoms with Crippen LogP contribution in [0.1, 0.15) is 78.1 Å². The molecule has 7 heteroatoms. The summed E-state index contributed by atoms with van der Waals surface area (Å²) in [6.45, 7) is 5.27. The fourth-order valence-corrected chi connectivity index (χ4v) is 2.85. The van der Waals surface area contributed by atoms with E-state index in [4.69, 9.17) is 22.3 Å². The van der Waals surface area contributed by atoms with E-state index in [1.54, 1.807) is 0 Å². The van der Waals surface area contributed by atoms with Gasteiger partial charge in [0.25, 0.3) is 0 Å². The van der Waals surface area contributed by atoms with Crippen molar-refractivity contribution in [2.45, 2.75) is 81.4 Å². The van der Waals surface area contributed by atoms with Crippen LogP contribution in [0, 0.1) is 0 Å². The Hall–Kier alpha value is 0.830. The zero-order chi connectivity index (χ0) is 16.6. The van der Waals surface area contributed by atoms with Crippen LogP contribution in [0.2, 0.25) is 0 Å². The van der Waals surface area contributed by atoms with E-state index in [0.29, 0.717) is 3.35 Å². The van der Waals surface area contributed by atoms with Crippen LogP contribution in [0.5, 0.6) is 0 Å². The summed E-state index contributed by atoms with van der Waals surface area (Å²) in [6.07, 6.45) is 14.1. The monoisotopic (exact) mass is 334 g/mol. The Labute approximate surface area is 148 Å². The third kappa shape index (κ3) is 33.6. The molecule has 0 fully saturated rings. The maximum Gasteiger partial charge on any atom is 0.394 e. The molecule has 0 radical (unpaired) electrons. The van der Waals surface area contributed by atoms with Gasteiger partial charge in [-0.1, -0.05) is 0 Å². The number of hydrogen-bond acceptors (Lipinski definition) is 3. The third-order valence-corrected chi connectivity index (χ3v) is 4.08. The summed E-state index contributed by atoms with van der Waals surface area (Å²) in [7, 11) is -4.67. The molecule has 0 saturated carbocycles. The number of unbranched alkanes of at least 4 members (excludes halogenated alkanes) is 8. The van der Waals surface area contributed by atoms with Crippen LogP contribution in [0.15, 0.2) is 0 Å². The van der Waals surface area contributed by atoms with Gasteiger partial charge in [-0.2, -0.15) is 8.42 Å². The van der Waals surface area contributed by atoms with Gasteiger partial charge in [0.2, 0.25) is 0 Å². The van der Waals surface area contributed by atoms with Gasteiger partial charge in [0.05, 0.1) is 0 Å². The molecule has 21 heavy (non-hydrogen) atoms. The summed E-state index contributed by atoms with van der Waals surface area (Å²) in [5.41, 5.74) is 0. The van der Waals surface area contributed by atoms with E-state index in [1.165, 1.54) is 92.1 Å². The molecule has 1 atom stereocenters. The third-order valence-electron chi connectivity index (χ3n) is 3.17. The van der Waals surface area contributed by atoms with E-state index in [2.05, 4.69) is 13.8 Å². The van der Waals surface area contributed by atoms with Crippen molar-refractivity contribution in [2.75, 3.05) is 6.61 Å². The van der Waals surface area contributed by atoms with E-state index >= 15 is 0 Å². The molecule has 1 unspecified atom stereocenters. The van der Waals surface area contributed by atoms with Gasteiger partial charge < -0.3 is 0 Å². The first-order chi connectivity index (χ1) is 9.81. The molecule has 0 bridgehead atoms. The van der Waals surface area contributed by atoms with Crippen molar-refractivity contribution in [3.8, 4) is 0 Å². The molecule has 0 aliphatic heterocycles. The molecule has 0 aromatic rings. The molecular formula is C14H31NaO5S. The molecule has 0 rings (SSSR count). The smallest absolute Gasteiger partial charge is 0.264 e. The summed E-state index contributed by atoms with van der Waals surface area (Å²) >= 11 is 1.20. The van der Waals surface area contributed by atoms with Crippen LogP contribution in [0.4, 0.5) is 0 Å². The van der Waals surface area contributed by atoms with Gasteiger partial charge in [-0.25, -0.2) is 0 Å². The SMILES string of the molecule is CCCCCCCCCCC[CH]([Na])OCC.O=S(=O)(O)O. The quantitative estimate of drug-likeness (QED) is 0.322. The van der Waals surface area contributed by atoms with Gasteiger partial charge >= 0.3 is 131 Å². The summed E-state index contributed by atoms with van der Waals surface area (Å²) in [5, 5.41) is 0. The van der Waals surface area contributed by atoms with E-state index < -0.39 is 10.4 Å². The molecule has 0 amide bonds. The molecule has 0 aromatic heterocycles.